The third-order valence-corrected chi connectivity index (χ3v) is 4.46. The van der Waals surface area contributed by atoms with Gasteiger partial charge < -0.3 is 9.64 Å². The van der Waals surface area contributed by atoms with Gasteiger partial charge in [-0.15, -0.1) is 0 Å². The van der Waals surface area contributed by atoms with E-state index >= 15 is 0 Å². The number of hydrogen-bond acceptors (Lipinski definition) is 5. The van der Waals surface area contributed by atoms with E-state index < -0.39 is 0 Å². The number of nitrogens with zero attached hydrogens (tertiary/aromatic N) is 4. The summed E-state index contributed by atoms with van der Waals surface area (Å²) in [5.41, 5.74) is 0.977. The molecule has 1 aromatic rings. The van der Waals surface area contributed by atoms with Gasteiger partial charge in [-0.3, -0.25) is 9.69 Å². The molecule has 2 aliphatic rings. The molecule has 1 aromatic heterocycles. The van der Waals surface area contributed by atoms with Crippen molar-refractivity contribution in [2.75, 3.05) is 39.4 Å². The minimum absolute atomic E-state index is 0.124. The van der Waals surface area contributed by atoms with Crippen molar-refractivity contribution < 1.29 is 9.53 Å². The molecule has 3 heterocycles. The molecular formula is C16H24N4O2. The van der Waals surface area contributed by atoms with Crippen LogP contribution in [-0.2, 0) is 9.53 Å². The lowest BCUT2D eigenvalue weighted by Gasteiger charge is -2.28. The highest BCUT2D eigenvalue weighted by Crippen LogP contribution is 2.31. The zero-order chi connectivity index (χ0) is 15.4. The number of hydrogen-bond donors (Lipinski definition) is 0. The zero-order valence-electron chi connectivity index (χ0n) is 13.2. The van der Waals surface area contributed by atoms with Crippen molar-refractivity contribution in [1.82, 2.24) is 19.8 Å². The van der Waals surface area contributed by atoms with Gasteiger partial charge in [0.1, 0.15) is 5.82 Å². The Labute approximate surface area is 131 Å². The summed E-state index contributed by atoms with van der Waals surface area (Å²) in [5.74, 6) is 1.01. The molecule has 0 saturated carbocycles. The number of carbonyl (C=O) groups excluding carboxylic acids is 1. The van der Waals surface area contributed by atoms with Crippen LogP contribution in [0.5, 0.6) is 0 Å². The van der Waals surface area contributed by atoms with Crippen molar-refractivity contribution in [1.29, 1.82) is 0 Å². The molecule has 0 radical (unpaired) electrons. The number of ether oxygens (including phenoxy) is 1. The highest BCUT2D eigenvalue weighted by atomic mass is 16.5. The molecular weight excluding hydrogens is 280 g/mol. The molecule has 0 N–H and O–H groups in total. The van der Waals surface area contributed by atoms with Crippen molar-refractivity contribution in [3.05, 3.63) is 23.8 Å². The fourth-order valence-corrected chi connectivity index (χ4v) is 3.25. The summed E-state index contributed by atoms with van der Waals surface area (Å²) in [5, 5.41) is 0. The minimum Gasteiger partial charge on any atom is -0.379 e. The molecule has 120 valence electrons. The Balaban J connectivity index is 1.58. The van der Waals surface area contributed by atoms with Crippen molar-refractivity contribution in [3.63, 3.8) is 0 Å². The zero-order valence-corrected chi connectivity index (χ0v) is 13.2. The first-order valence-corrected chi connectivity index (χ1v) is 8.13. The number of likely N-dealkylation sites (tertiary alicyclic amines) is 1. The molecule has 22 heavy (non-hydrogen) atoms. The standard InChI is InChI=1S/C16H24N4O2/c1-13-17-6-4-14(18-13)15-3-2-7-20(15)16(21)5-8-19-9-11-22-12-10-19/h4,6,15H,2-3,5,7-12H2,1H3/t15-/m0/s1. The summed E-state index contributed by atoms with van der Waals surface area (Å²) in [4.78, 5) is 25.5. The van der Waals surface area contributed by atoms with Gasteiger partial charge in [0.15, 0.2) is 0 Å². The molecule has 1 atom stereocenters. The molecule has 0 spiro atoms. The Bertz CT molecular complexity index is 517. The van der Waals surface area contributed by atoms with Gasteiger partial charge in [0.25, 0.3) is 0 Å². The molecule has 2 saturated heterocycles. The smallest absolute Gasteiger partial charge is 0.224 e. The third-order valence-electron chi connectivity index (χ3n) is 4.46. The van der Waals surface area contributed by atoms with Crippen molar-refractivity contribution in [2.24, 2.45) is 0 Å². The van der Waals surface area contributed by atoms with Crippen LogP contribution in [0.4, 0.5) is 0 Å². The Morgan fingerprint density at radius 1 is 1.36 bits per heavy atom. The fraction of sp³-hybridized carbons (Fsp3) is 0.688. The number of morpholine rings is 1. The second-order valence-corrected chi connectivity index (χ2v) is 5.98. The summed E-state index contributed by atoms with van der Waals surface area (Å²) in [6, 6.07) is 2.06. The predicted molar refractivity (Wildman–Crippen MR) is 82.3 cm³/mol. The third kappa shape index (κ3) is 3.62. The summed E-state index contributed by atoms with van der Waals surface area (Å²) in [7, 11) is 0. The van der Waals surface area contributed by atoms with E-state index in [4.69, 9.17) is 4.74 Å². The first-order valence-electron chi connectivity index (χ1n) is 8.13. The average Bonchev–Trinajstić information content (AvgIpc) is 3.03. The fourth-order valence-electron chi connectivity index (χ4n) is 3.25. The first-order chi connectivity index (χ1) is 10.7. The van der Waals surface area contributed by atoms with Crippen LogP contribution < -0.4 is 0 Å². The van der Waals surface area contributed by atoms with Gasteiger partial charge in [0.05, 0.1) is 24.9 Å². The number of aromatic nitrogens is 2. The van der Waals surface area contributed by atoms with Crippen molar-refractivity contribution in [3.8, 4) is 0 Å². The highest BCUT2D eigenvalue weighted by Gasteiger charge is 2.30. The van der Waals surface area contributed by atoms with Gasteiger partial charge in [0.2, 0.25) is 5.91 Å². The molecule has 3 rings (SSSR count). The number of aryl methyl sites for hydroxylation is 1. The van der Waals surface area contributed by atoms with Gasteiger partial charge in [-0.25, -0.2) is 9.97 Å². The van der Waals surface area contributed by atoms with E-state index in [1.807, 2.05) is 17.9 Å². The lowest BCUT2D eigenvalue weighted by Crippen LogP contribution is -2.39. The van der Waals surface area contributed by atoms with E-state index in [1.165, 1.54) is 0 Å². The maximum atomic E-state index is 12.6. The van der Waals surface area contributed by atoms with Gasteiger partial charge in [-0.1, -0.05) is 0 Å². The van der Waals surface area contributed by atoms with Crippen LogP contribution in [-0.4, -0.2) is 65.1 Å². The van der Waals surface area contributed by atoms with Crippen LogP contribution in [0.15, 0.2) is 12.3 Å². The normalized spacial score (nSPS) is 23.0. The van der Waals surface area contributed by atoms with Gasteiger partial charge >= 0.3 is 0 Å². The SMILES string of the molecule is Cc1nccc([C@@H]2CCCN2C(=O)CCN2CCOCC2)n1. The average molecular weight is 304 g/mol. The van der Waals surface area contributed by atoms with Crippen LogP contribution >= 0.6 is 0 Å². The van der Waals surface area contributed by atoms with Crippen LogP contribution in [0, 0.1) is 6.92 Å². The Morgan fingerprint density at radius 2 is 2.18 bits per heavy atom. The molecule has 6 heteroatoms. The molecule has 0 bridgehead atoms. The Hall–Kier alpha value is -1.53. The Kier molecular flexibility index (Phi) is 5.00. The number of carbonyl (C=O) groups is 1. The summed E-state index contributed by atoms with van der Waals surface area (Å²) in [6.07, 6.45) is 4.42. The second kappa shape index (κ2) is 7.15. The molecule has 0 aliphatic carbocycles. The van der Waals surface area contributed by atoms with Crippen molar-refractivity contribution in [2.45, 2.75) is 32.2 Å². The van der Waals surface area contributed by atoms with Crippen LogP contribution in [0.3, 0.4) is 0 Å². The minimum atomic E-state index is 0.124. The summed E-state index contributed by atoms with van der Waals surface area (Å²) >= 11 is 0. The highest BCUT2D eigenvalue weighted by molar-refractivity contribution is 5.77. The maximum absolute atomic E-state index is 12.6. The molecule has 6 nitrogen and oxygen atoms in total. The van der Waals surface area contributed by atoms with Crippen molar-refractivity contribution >= 4 is 5.91 Å². The summed E-state index contributed by atoms with van der Waals surface area (Å²) in [6.45, 7) is 6.98. The molecule has 2 aliphatic heterocycles. The maximum Gasteiger partial charge on any atom is 0.224 e. The number of rotatable bonds is 4. The second-order valence-electron chi connectivity index (χ2n) is 5.98. The van der Waals surface area contributed by atoms with Crippen LogP contribution in [0.25, 0.3) is 0 Å². The first kappa shape index (κ1) is 15.4. The van der Waals surface area contributed by atoms with E-state index in [0.717, 1.165) is 63.8 Å². The lowest BCUT2D eigenvalue weighted by atomic mass is 10.1. The van der Waals surface area contributed by atoms with Crippen LogP contribution in [0.1, 0.15) is 36.8 Å². The topological polar surface area (TPSA) is 58.6 Å². The monoisotopic (exact) mass is 304 g/mol. The Morgan fingerprint density at radius 3 is 2.95 bits per heavy atom. The molecule has 0 unspecified atom stereocenters. The molecule has 2 fully saturated rings. The van der Waals surface area contributed by atoms with E-state index in [-0.39, 0.29) is 11.9 Å². The van der Waals surface area contributed by atoms with E-state index in [0.29, 0.717) is 6.42 Å². The largest absolute Gasteiger partial charge is 0.379 e. The summed E-state index contributed by atoms with van der Waals surface area (Å²) < 4.78 is 5.34. The van der Waals surface area contributed by atoms with Crippen LogP contribution in [0.2, 0.25) is 0 Å². The number of amides is 1. The van der Waals surface area contributed by atoms with Gasteiger partial charge in [-0.2, -0.15) is 0 Å². The van der Waals surface area contributed by atoms with E-state index in [2.05, 4.69) is 14.9 Å². The van der Waals surface area contributed by atoms with Gasteiger partial charge in [-0.05, 0) is 25.8 Å². The molecule has 1 amide bonds. The van der Waals surface area contributed by atoms with E-state index in [1.54, 1.807) is 6.20 Å². The lowest BCUT2D eigenvalue weighted by molar-refractivity contribution is -0.132. The van der Waals surface area contributed by atoms with Gasteiger partial charge in [0, 0.05) is 38.8 Å². The van der Waals surface area contributed by atoms with E-state index in [9.17, 15) is 4.79 Å². The quantitative estimate of drug-likeness (QED) is 0.836. The predicted octanol–water partition coefficient (Wildman–Crippen LogP) is 1.17. The molecule has 0 aromatic carbocycles.